The maximum absolute atomic E-state index is 2.64. The molecule has 0 amide bonds. The topological polar surface area (TPSA) is 0 Å². The van der Waals surface area contributed by atoms with Gasteiger partial charge in [-0.25, -0.2) is 0 Å². The Kier molecular flexibility index (Phi) is 1.61. The molecule has 7 aliphatic rings. The van der Waals surface area contributed by atoms with Crippen LogP contribution in [-0.4, -0.2) is 0 Å². The Morgan fingerprint density at radius 3 is 2.10 bits per heavy atom. The molecule has 12 unspecified atom stereocenters. The summed E-state index contributed by atoms with van der Waals surface area (Å²) in [5.41, 5.74) is 0. The van der Waals surface area contributed by atoms with Crippen LogP contribution in [0.5, 0.6) is 0 Å². The first-order valence-electron chi connectivity index (χ1n) is 9.58. The summed E-state index contributed by atoms with van der Waals surface area (Å²) >= 11 is 0. The molecule has 0 heterocycles. The summed E-state index contributed by atoms with van der Waals surface area (Å²) in [6.07, 6.45) is 15.0. The molecule has 0 radical (unpaired) electrons. The van der Waals surface area contributed by atoms with Crippen molar-refractivity contribution in [2.24, 2.45) is 71.0 Å². The molecule has 0 heteroatoms. The summed E-state index contributed by atoms with van der Waals surface area (Å²) in [5, 5.41) is 0. The third-order valence-corrected chi connectivity index (χ3v) is 9.80. The van der Waals surface area contributed by atoms with Crippen molar-refractivity contribution in [3.8, 4) is 0 Å². The maximum atomic E-state index is 2.64. The van der Waals surface area contributed by atoms with Gasteiger partial charge in [0.1, 0.15) is 0 Å². The SMILES string of the molecule is C1=CC2CC1C1CC3C4CC(C5C6CCC(C6)C45)C3C21. The molecule has 0 aromatic rings. The van der Waals surface area contributed by atoms with Gasteiger partial charge >= 0.3 is 0 Å². The Morgan fingerprint density at radius 1 is 0.500 bits per heavy atom. The summed E-state index contributed by atoms with van der Waals surface area (Å²) in [6, 6.07) is 0. The molecule has 6 saturated carbocycles. The van der Waals surface area contributed by atoms with E-state index in [4.69, 9.17) is 0 Å². The quantitative estimate of drug-likeness (QED) is 0.451. The van der Waals surface area contributed by atoms with Gasteiger partial charge in [0.05, 0.1) is 0 Å². The Balaban J connectivity index is 1.33. The van der Waals surface area contributed by atoms with Gasteiger partial charge in [-0.1, -0.05) is 12.2 Å². The van der Waals surface area contributed by atoms with Crippen molar-refractivity contribution in [1.29, 1.82) is 0 Å². The minimum atomic E-state index is 1.02. The summed E-state index contributed by atoms with van der Waals surface area (Å²) in [4.78, 5) is 0. The molecule has 0 spiro atoms. The Hall–Kier alpha value is -0.260. The number of fused-ring (bicyclic) bond motifs is 18. The van der Waals surface area contributed by atoms with E-state index in [0.29, 0.717) is 0 Å². The molecule has 0 nitrogen and oxygen atoms in total. The van der Waals surface area contributed by atoms with Crippen LogP contribution in [0.25, 0.3) is 0 Å². The first-order chi connectivity index (χ1) is 9.90. The lowest BCUT2D eigenvalue weighted by Crippen LogP contribution is -2.38. The second-order valence-corrected chi connectivity index (χ2v) is 9.72. The van der Waals surface area contributed by atoms with Crippen LogP contribution in [0.15, 0.2) is 12.2 Å². The molecule has 6 bridgehead atoms. The normalized spacial score (nSPS) is 73.6. The largest absolute Gasteiger partial charge is 0.0848 e. The molecule has 12 atom stereocenters. The van der Waals surface area contributed by atoms with Crippen molar-refractivity contribution in [3.05, 3.63) is 12.2 Å². The lowest BCUT2D eigenvalue weighted by molar-refractivity contribution is 0.0489. The van der Waals surface area contributed by atoms with Crippen molar-refractivity contribution in [2.45, 2.75) is 38.5 Å². The van der Waals surface area contributed by atoms with Gasteiger partial charge in [0.15, 0.2) is 0 Å². The maximum Gasteiger partial charge on any atom is -0.0194 e. The van der Waals surface area contributed by atoms with E-state index in [1.807, 2.05) is 0 Å². The average Bonchev–Trinajstić information content (AvgIpc) is 3.22. The summed E-state index contributed by atoms with van der Waals surface area (Å²) in [6.45, 7) is 0. The second-order valence-electron chi connectivity index (χ2n) is 9.72. The number of hydrogen-bond donors (Lipinski definition) is 0. The van der Waals surface area contributed by atoms with E-state index < -0.39 is 0 Å². The van der Waals surface area contributed by atoms with E-state index in [-0.39, 0.29) is 0 Å². The van der Waals surface area contributed by atoms with Crippen LogP contribution in [-0.2, 0) is 0 Å². The van der Waals surface area contributed by atoms with Crippen LogP contribution >= 0.6 is 0 Å². The third-order valence-electron chi connectivity index (χ3n) is 9.80. The number of rotatable bonds is 0. The molecule has 7 aliphatic carbocycles. The van der Waals surface area contributed by atoms with Gasteiger partial charge in [0.2, 0.25) is 0 Å². The third kappa shape index (κ3) is 0.914. The average molecular weight is 266 g/mol. The van der Waals surface area contributed by atoms with E-state index in [9.17, 15) is 0 Å². The van der Waals surface area contributed by atoms with Gasteiger partial charge in [-0.3, -0.25) is 0 Å². The minimum absolute atomic E-state index is 1.02. The molecule has 20 heavy (non-hydrogen) atoms. The lowest BCUT2D eigenvalue weighted by atomic mass is 9.62. The predicted octanol–water partition coefficient (Wildman–Crippen LogP) is 4.37. The summed E-state index contributed by atoms with van der Waals surface area (Å²) in [5.74, 6) is 14.0. The summed E-state index contributed by atoms with van der Waals surface area (Å²) in [7, 11) is 0. The highest BCUT2D eigenvalue weighted by atomic mass is 14.7. The Bertz CT molecular complexity index is 518. The highest BCUT2D eigenvalue weighted by Gasteiger charge is 2.70. The van der Waals surface area contributed by atoms with Crippen molar-refractivity contribution in [3.63, 3.8) is 0 Å². The zero-order chi connectivity index (χ0) is 12.6. The van der Waals surface area contributed by atoms with E-state index >= 15 is 0 Å². The van der Waals surface area contributed by atoms with Gasteiger partial charge in [0, 0.05) is 0 Å². The van der Waals surface area contributed by atoms with E-state index in [0.717, 1.165) is 23.7 Å². The van der Waals surface area contributed by atoms with Crippen LogP contribution in [0, 0.1) is 71.0 Å². The number of allylic oxidation sites excluding steroid dienone is 2. The molecule has 0 aromatic heterocycles. The molecule has 0 aliphatic heterocycles. The zero-order valence-electron chi connectivity index (χ0n) is 12.3. The van der Waals surface area contributed by atoms with Crippen LogP contribution < -0.4 is 0 Å². The van der Waals surface area contributed by atoms with E-state index in [1.165, 1.54) is 47.3 Å². The number of hydrogen-bond acceptors (Lipinski definition) is 0. The van der Waals surface area contributed by atoms with Gasteiger partial charge in [-0.05, 0) is 110 Å². The van der Waals surface area contributed by atoms with Crippen molar-refractivity contribution < 1.29 is 0 Å². The highest BCUT2D eigenvalue weighted by Crippen LogP contribution is 2.77. The molecule has 106 valence electrons. The molecule has 0 aromatic carbocycles. The Labute approximate surface area is 122 Å². The van der Waals surface area contributed by atoms with E-state index in [1.54, 1.807) is 38.5 Å². The summed E-state index contributed by atoms with van der Waals surface area (Å²) < 4.78 is 0. The smallest absolute Gasteiger partial charge is 0.0194 e. The first kappa shape index (κ1) is 10.5. The van der Waals surface area contributed by atoms with Gasteiger partial charge in [0.25, 0.3) is 0 Å². The van der Waals surface area contributed by atoms with Crippen molar-refractivity contribution >= 4 is 0 Å². The molecular formula is C20H26. The highest BCUT2D eigenvalue weighted by molar-refractivity contribution is 5.23. The molecular weight excluding hydrogens is 240 g/mol. The fourth-order valence-electron chi connectivity index (χ4n) is 9.84. The molecule has 6 fully saturated rings. The molecule has 0 saturated heterocycles. The monoisotopic (exact) mass is 266 g/mol. The van der Waals surface area contributed by atoms with Crippen LogP contribution in [0.1, 0.15) is 38.5 Å². The van der Waals surface area contributed by atoms with Gasteiger partial charge in [-0.15, -0.1) is 0 Å². The standard InChI is InChI=1S/C20H26/c1-2-10-5-9(1)13-7-15-14-8-16(20(15)17(10)13)19-12-4-3-11(6-12)18(14)19/h1-2,9-20H,3-8H2. The predicted molar refractivity (Wildman–Crippen MR) is 78.7 cm³/mol. The fraction of sp³-hybridized carbons (Fsp3) is 0.900. The zero-order valence-corrected chi connectivity index (χ0v) is 12.3. The fourth-order valence-corrected chi connectivity index (χ4v) is 9.84. The lowest BCUT2D eigenvalue weighted by Gasteiger charge is -2.43. The molecule has 7 rings (SSSR count). The molecule has 0 N–H and O–H groups in total. The Morgan fingerprint density at radius 2 is 1.20 bits per heavy atom. The van der Waals surface area contributed by atoms with Crippen molar-refractivity contribution in [2.75, 3.05) is 0 Å². The second kappa shape index (κ2) is 3.08. The van der Waals surface area contributed by atoms with Crippen LogP contribution in [0.3, 0.4) is 0 Å². The van der Waals surface area contributed by atoms with Crippen LogP contribution in [0.2, 0.25) is 0 Å². The van der Waals surface area contributed by atoms with E-state index in [2.05, 4.69) is 12.2 Å². The first-order valence-corrected chi connectivity index (χ1v) is 9.58. The van der Waals surface area contributed by atoms with Gasteiger partial charge in [-0.2, -0.15) is 0 Å². The van der Waals surface area contributed by atoms with Crippen molar-refractivity contribution in [1.82, 2.24) is 0 Å². The minimum Gasteiger partial charge on any atom is -0.0848 e. The van der Waals surface area contributed by atoms with Gasteiger partial charge < -0.3 is 0 Å². The van der Waals surface area contributed by atoms with Crippen LogP contribution in [0.4, 0.5) is 0 Å².